The summed E-state index contributed by atoms with van der Waals surface area (Å²) in [5.41, 5.74) is 5.67. The minimum Gasteiger partial charge on any atom is -0.389 e. The third-order valence-corrected chi connectivity index (χ3v) is 6.15. The lowest BCUT2D eigenvalue weighted by atomic mass is 10.3. The maximum absolute atomic E-state index is 12.2. The molecule has 0 spiro atoms. The highest BCUT2D eigenvalue weighted by Gasteiger charge is 2.19. The molecule has 4 nitrogen and oxygen atoms in total. The fraction of sp³-hybridized carbons (Fsp3) is 0. The summed E-state index contributed by atoms with van der Waals surface area (Å²) in [6.07, 6.45) is 0. The van der Waals surface area contributed by atoms with Crippen LogP contribution in [0.15, 0.2) is 34.5 Å². The highest BCUT2D eigenvalue weighted by atomic mass is 35.5. The number of nitrogens with two attached hydrogens (primary N) is 1. The van der Waals surface area contributed by atoms with Crippen molar-refractivity contribution in [1.82, 2.24) is 0 Å². The van der Waals surface area contributed by atoms with Crippen LogP contribution in [0.1, 0.15) is 4.88 Å². The zero-order chi connectivity index (χ0) is 14.9. The molecule has 0 amide bonds. The van der Waals surface area contributed by atoms with E-state index >= 15 is 0 Å². The van der Waals surface area contributed by atoms with Gasteiger partial charge in [0, 0.05) is 5.02 Å². The molecule has 0 aliphatic rings. The number of halogens is 2. The van der Waals surface area contributed by atoms with Crippen LogP contribution >= 0.6 is 46.8 Å². The van der Waals surface area contributed by atoms with Crippen molar-refractivity contribution in [3.05, 3.63) is 45.3 Å². The van der Waals surface area contributed by atoms with E-state index in [2.05, 4.69) is 4.72 Å². The van der Waals surface area contributed by atoms with Crippen molar-refractivity contribution in [1.29, 1.82) is 0 Å². The van der Waals surface area contributed by atoms with Crippen LogP contribution < -0.4 is 10.5 Å². The molecule has 1 heterocycles. The van der Waals surface area contributed by atoms with E-state index in [4.69, 9.17) is 41.2 Å². The van der Waals surface area contributed by atoms with Crippen LogP contribution in [0.2, 0.25) is 10.0 Å². The molecule has 20 heavy (non-hydrogen) atoms. The summed E-state index contributed by atoms with van der Waals surface area (Å²) in [5.74, 6) is 0. The Hall–Kier alpha value is -0.860. The van der Waals surface area contributed by atoms with Gasteiger partial charge in [0.15, 0.2) is 0 Å². The average molecular weight is 367 g/mol. The van der Waals surface area contributed by atoms with Crippen molar-refractivity contribution in [2.45, 2.75) is 4.21 Å². The molecule has 0 aliphatic carbocycles. The Morgan fingerprint density at radius 2 is 1.95 bits per heavy atom. The van der Waals surface area contributed by atoms with Gasteiger partial charge in [0.05, 0.1) is 15.6 Å². The zero-order valence-electron chi connectivity index (χ0n) is 9.76. The van der Waals surface area contributed by atoms with Crippen LogP contribution in [-0.4, -0.2) is 13.4 Å². The topological polar surface area (TPSA) is 72.2 Å². The fourth-order valence-electron chi connectivity index (χ4n) is 1.37. The Morgan fingerprint density at radius 1 is 1.25 bits per heavy atom. The first-order valence-electron chi connectivity index (χ1n) is 5.17. The van der Waals surface area contributed by atoms with Gasteiger partial charge in [-0.1, -0.05) is 35.4 Å². The van der Waals surface area contributed by atoms with Crippen LogP contribution in [0.25, 0.3) is 0 Å². The molecule has 3 N–H and O–H groups in total. The number of rotatable bonds is 4. The van der Waals surface area contributed by atoms with Crippen molar-refractivity contribution in [2.75, 3.05) is 4.72 Å². The summed E-state index contributed by atoms with van der Waals surface area (Å²) in [5, 5.41) is 0.631. The first-order chi connectivity index (χ1) is 9.29. The summed E-state index contributed by atoms with van der Waals surface area (Å²) >= 11 is 17.5. The van der Waals surface area contributed by atoms with Gasteiger partial charge >= 0.3 is 0 Å². The molecule has 1 aromatic heterocycles. The number of anilines is 1. The molecule has 0 bridgehead atoms. The molecule has 0 aliphatic heterocycles. The number of hydrogen-bond acceptors (Lipinski definition) is 4. The second kappa shape index (κ2) is 5.87. The normalized spacial score (nSPS) is 11.3. The third-order valence-electron chi connectivity index (χ3n) is 2.26. The Labute approximate surface area is 135 Å². The van der Waals surface area contributed by atoms with Gasteiger partial charge in [-0.15, -0.1) is 11.3 Å². The first kappa shape index (κ1) is 15.5. The van der Waals surface area contributed by atoms with Gasteiger partial charge in [-0.3, -0.25) is 4.72 Å². The molecule has 9 heteroatoms. The molecule has 0 radical (unpaired) electrons. The summed E-state index contributed by atoms with van der Waals surface area (Å²) in [4.78, 5) is 0.676. The second-order valence-corrected chi connectivity index (χ2v) is 7.99. The minimum absolute atomic E-state index is 0.0938. The number of thiophene rings is 1. The van der Waals surface area contributed by atoms with Crippen LogP contribution in [0.3, 0.4) is 0 Å². The minimum atomic E-state index is -3.76. The number of hydrogen-bond donors (Lipinski definition) is 2. The van der Waals surface area contributed by atoms with Crippen LogP contribution in [0, 0.1) is 0 Å². The molecular weight excluding hydrogens is 359 g/mol. The Kier molecular flexibility index (Phi) is 4.55. The van der Waals surface area contributed by atoms with Crippen LogP contribution in [0.4, 0.5) is 5.69 Å². The second-order valence-electron chi connectivity index (χ2n) is 3.71. The molecule has 0 saturated heterocycles. The maximum Gasteiger partial charge on any atom is 0.271 e. The molecule has 1 aromatic carbocycles. The predicted octanol–water partition coefficient (Wildman–Crippen LogP) is 3.49. The zero-order valence-corrected chi connectivity index (χ0v) is 13.7. The largest absolute Gasteiger partial charge is 0.389 e. The highest BCUT2D eigenvalue weighted by molar-refractivity contribution is 7.94. The van der Waals surface area contributed by atoms with Gasteiger partial charge in [-0.2, -0.15) is 0 Å². The van der Waals surface area contributed by atoms with Crippen molar-refractivity contribution < 1.29 is 8.42 Å². The predicted molar refractivity (Wildman–Crippen MR) is 87.5 cm³/mol. The lowest BCUT2D eigenvalue weighted by Crippen LogP contribution is -2.12. The van der Waals surface area contributed by atoms with E-state index < -0.39 is 10.0 Å². The smallest absolute Gasteiger partial charge is 0.271 e. The number of benzene rings is 1. The Bertz CT molecular complexity index is 772. The molecule has 2 aromatic rings. The van der Waals surface area contributed by atoms with E-state index in [-0.39, 0.29) is 19.9 Å². The van der Waals surface area contributed by atoms with E-state index in [0.29, 0.717) is 9.90 Å². The SMILES string of the molecule is NC(=S)c1ccc(S(=O)(=O)Nc2cc(Cl)ccc2Cl)s1. The van der Waals surface area contributed by atoms with E-state index in [1.165, 1.54) is 18.2 Å². The molecule has 0 saturated carbocycles. The third kappa shape index (κ3) is 3.42. The Morgan fingerprint density at radius 3 is 2.55 bits per heavy atom. The molecular formula is C11H8Cl2N2O2S3. The number of nitrogens with one attached hydrogen (secondary N) is 1. The van der Waals surface area contributed by atoms with E-state index in [1.54, 1.807) is 12.1 Å². The number of sulfonamides is 1. The molecule has 0 atom stereocenters. The van der Waals surface area contributed by atoms with Crippen LogP contribution in [-0.2, 0) is 10.0 Å². The van der Waals surface area contributed by atoms with Crippen molar-refractivity contribution >= 4 is 67.5 Å². The Balaban J connectivity index is 2.35. The quantitative estimate of drug-likeness (QED) is 0.812. The highest BCUT2D eigenvalue weighted by Crippen LogP contribution is 2.29. The van der Waals surface area contributed by atoms with Gasteiger partial charge < -0.3 is 5.73 Å². The molecule has 0 fully saturated rings. The van der Waals surface area contributed by atoms with Gasteiger partial charge in [0.1, 0.15) is 9.20 Å². The van der Waals surface area contributed by atoms with Crippen molar-refractivity contribution in [2.24, 2.45) is 5.73 Å². The van der Waals surface area contributed by atoms with E-state index in [1.807, 2.05) is 0 Å². The van der Waals surface area contributed by atoms with Gasteiger partial charge in [-0.05, 0) is 30.3 Å². The van der Waals surface area contributed by atoms with Gasteiger partial charge in [0.25, 0.3) is 10.0 Å². The van der Waals surface area contributed by atoms with Crippen molar-refractivity contribution in [3.8, 4) is 0 Å². The summed E-state index contributed by atoms with van der Waals surface area (Å²) in [7, 11) is -3.76. The van der Waals surface area contributed by atoms with E-state index in [0.717, 1.165) is 11.3 Å². The molecule has 106 valence electrons. The maximum atomic E-state index is 12.2. The number of thiocarbonyl (C=S) groups is 1. The average Bonchev–Trinajstić information content (AvgIpc) is 2.84. The summed E-state index contributed by atoms with van der Waals surface area (Å²) in [6.45, 7) is 0. The fourth-order valence-corrected chi connectivity index (χ4v) is 4.18. The van der Waals surface area contributed by atoms with Gasteiger partial charge in [0.2, 0.25) is 0 Å². The lowest BCUT2D eigenvalue weighted by molar-refractivity contribution is 0.603. The first-order valence-corrected chi connectivity index (χ1v) is 8.63. The lowest BCUT2D eigenvalue weighted by Gasteiger charge is -2.08. The summed E-state index contributed by atoms with van der Waals surface area (Å²) in [6, 6.07) is 7.50. The standard InChI is InChI=1S/C11H8Cl2N2O2S3/c12-6-1-2-7(13)8(5-6)15-20(16,17)10-4-3-9(19-10)11(14)18/h1-5,15H,(H2,14,18). The van der Waals surface area contributed by atoms with Crippen molar-refractivity contribution in [3.63, 3.8) is 0 Å². The van der Waals surface area contributed by atoms with Crippen LogP contribution in [0.5, 0.6) is 0 Å². The molecule has 2 rings (SSSR count). The molecule has 0 unspecified atom stereocenters. The van der Waals surface area contributed by atoms with Gasteiger partial charge in [-0.25, -0.2) is 8.42 Å². The van der Waals surface area contributed by atoms with E-state index in [9.17, 15) is 8.42 Å². The summed E-state index contributed by atoms with van der Waals surface area (Å²) < 4.78 is 26.9. The monoisotopic (exact) mass is 366 g/mol.